The van der Waals surface area contributed by atoms with Crippen molar-refractivity contribution in [2.45, 2.75) is 62.8 Å². The number of carbonyl (C=O) groups excluding carboxylic acids is 1. The summed E-state index contributed by atoms with van der Waals surface area (Å²) in [6.07, 6.45) is 2.25. The maximum atomic E-state index is 15.2. The van der Waals surface area contributed by atoms with Crippen LogP contribution in [0.2, 0.25) is 0 Å². The van der Waals surface area contributed by atoms with Crippen LogP contribution >= 0.6 is 0 Å². The molecule has 284 valence electrons. The first-order valence-electron chi connectivity index (χ1n) is 17.5. The van der Waals surface area contributed by atoms with Gasteiger partial charge in [-0.15, -0.1) is 0 Å². The predicted octanol–water partition coefficient (Wildman–Crippen LogP) is 9.36. The second-order valence-corrected chi connectivity index (χ2v) is 13.8. The molecule has 0 amide bonds. The van der Waals surface area contributed by atoms with Gasteiger partial charge < -0.3 is 4.98 Å². The summed E-state index contributed by atoms with van der Waals surface area (Å²) in [4.78, 5) is 30.6. The lowest BCUT2D eigenvalue weighted by atomic mass is 9.86. The first kappa shape index (κ1) is 36.8. The summed E-state index contributed by atoms with van der Waals surface area (Å²) in [5.74, 6) is -5.70. The molecule has 0 spiro atoms. The quantitative estimate of drug-likeness (QED) is 0.117. The Kier molecular flexibility index (Phi) is 9.30. The van der Waals surface area contributed by atoms with Crippen LogP contribution in [0.15, 0.2) is 73.2 Å². The number of carbonyl (C=O) groups is 1. The Morgan fingerprint density at radius 1 is 0.911 bits per heavy atom. The largest absolute Gasteiger partial charge is 0.346 e. The van der Waals surface area contributed by atoms with Crippen LogP contribution in [-0.4, -0.2) is 35.5 Å². The van der Waals surface area contributed by atoms with Gasteiger partial charge in [-0.3, -0.25) is 14.5 Å². The fourth-order valence-corrected chi connectivity index (χ4v) is 7.34. The molecule has 6 aromatic rings. The second kappa shape index (κ2) is 14.2. The van der Waals surface area contributed by atoms with Crippen molar-refractivity contribution in [3.05, 3.63) is 136 Å². The van der Waals surface area contributed by atoms with Crippen molar-refractivity contribution in [2.24, 2.45) is 0 Å². The number of nitrogens with one attached hydrogen (secondary N) is 1. The summed E-state index contributed by atoms with van der Waals surface area (Å²) in [6.45, 7) is -1.07. The molecular weight excluding hydrogens is 744 g/mol. The van der Waals surface area contributed by atoms with Crippen LogP contribution in [-0.2, 0) is 36.0 Å². The van der Waals surface area contributed by atoms with Gasteiger partial charge in [-0.1, -0.05) is 18.1 Å². The number of hydrogen-bond donors (Lipinski definition) is 1. The van der Waals surface area contributed by atoms with E-state index in [-0.39, 0.29) is 28.1 Å². The molecule has 0 aliphatic heterocycles. The van der Waals surface area contributed by atoms with Crippen molar-refractivity contribution in [1.82, 2.24) is 29.7 Å². The number of ketones is 1. The highest BCUT2D eigenvalue weighted by molar-refractivity contribution is 5.80. The zero-order valence-corrected chi connectivity index (χ0v) is 29.1. The molecule has 15 heteroatoms. The summed E-state index contributed by atoms with van der Waals surface area (Å²) >= 11 is 0. The van der Waals surface area contributed by atoms with Gasteiger partial charge in [0.1, 0.15) is 40.9 Å². The highest BCUT2D eigenvalue weighted by Crippen LogP contribution is 2.52. The van der Waals surface area contributed by atoms with Gasteiger partial charge in [0, 0.05) is 78.3 Å². The monoisotopic (exact) mass is 772 g/mol. The summed E-state index contributed by atoms with van der Waals surface area (Å²) in [5, 5.41) is 4.24. The van der Waals surface area contributed by atoms with E-state index in [2.05, 4.69) is 31.9 Å². The summed E-state index contributed by atoms with van der Waals surface area (Å²) in [6, 6.07) is 11.7. The minimum atomic E-state index is -4.03. The van der Waals surface area contributed by atoms with Crippen LogP contribution in [0.5, 0.6) is 0 Å². The standard InChI is InChI=1S/C41H28F8N6O/c42-28-14-23(15-29(43)18-28)13-26(17-31(56)21-55-37-34(36(54-55)38(44)45)40(46,47)9-10-41(37,48)49)35-32(27-16-24-2-1-3-33(24)51-20-27)7-6-30(53-35)5-4-22-12-25-8-11-50-39(25)52-19-22/h1-2,6-8,11-12,14-16,18-20,26,38H,3,9-10,13,17,21H2,(H,50,52)/t26-/m1/s1. The number of nitrogens with zero attached hydrogens (tertiary/aromatic N) is 5. The fraction of sp³-hybridized carbons (Fsp3) is 0.244. The number of hydrogen-bond acceptors (Lipinski definition) is 5. The maximum Gasteiger partial charge on any atom is 0.290 e. The third-order valence-electron chi connectivity index (χ3n) is 9.83. The number of rotatable bonds is 9. The van der Waals surface area contributed by atoms with E-state index in [0.29, 0.717) is 34.8 Å². The smallest absolute Gasteiger partial charge is 0.290 e. The van der Waals surface area contributed by atoms with Gasteiger partial charge in [-0.05, 0) is 65.9 Å². The number of aromatic nitrogens is 6. The van der Waals surface area contributed by atoms with Crippen LogP contribution < -0.4 is 0 Å². The molecule has 1 atom stereocenters. The molecule has 0 fully saturated rings. The van der Waals surface area contributed by atoms with Crippen molar-refractivity contribution >= 4 is 22.9 Å². The topological polar surface area (TPSA) is 89.4 Å². The van der Waals surface area contributed by atoms with E-state index in [0.717, 1.165) is 28.8 Å². The Morgan fingerprint density at radius 3 is 2.48 bits per heavy atom. The normalized spacial score (nSPS) is 15.7. The molecule has 8 rings (SSSR count). The van der Waals surface area contributed by atoms with E-state index in [4.69, 9.17) is 4.98 Å². The Hall–Kier alpha value is -6.17. The SMILES string of the molecule is O=C(C[C@@H](Cc1cc(F)cc(F)c1)c1nc(C#Cc2cnc3[nH]ccc3c2)ccc1-c1cnc2c(c1)C=CC2)Cn1nc(C(F)F)c2c1C(F)(F)CCC2(F)F. The second-order valence-electron chi connectivity index (χ2n) is 13.8. The lowest BCUT2D eigenvalue weighted by Gasteiger charge is -2.29. The van der Waals surface area contributed by atoms with E-state index < -0.39 is 84.4 Å². The minimum Gasteiger partial charge on any atom is -0.346 e. The van der Waals surface area contributed by atoms with Gasteiger partial charge >= 0.3 is 0 Å². The first-order valence-corrected chi connectivity index (χ1v) is 17.5. The summed E-state index contributed by atoms with van der Waals surface area (Å²) in [7, 11) is 0. The molecule has 2 aliphatic carbocycles. The number of pyridine rings is 3. The van der Waals surface area contributed by atoms with Gasteiger partial charge in [0.25, 0.3) is 18.3 Å². The highest BCUT2D eigenvalue weighted by Gasteiger charge is 2.55. The van der Waals surface area contributed by atoms with E-state index in [1.54, 1.807) is 30.7 Å². The number of fused-ring (bicyclic) bond motifs is 3. The molecule has 5 aromatic heterocycles. The lowest BCUT2D eigenvalue weighted by Crippen LogP contribution is -2.33. The Labute approximate surface area is 313 Å². The number of aromatic amines is 1. The Balaban J connectivity index is 1.23. The van der Waals surface area contributed by atoms with E-state index >= 15 is 8.78 Å². The number of Topliss-reactive ketones (excluding diaryl/α,β-unsaturated/α-hetero) is 1. The molecule has 5 heterocycles. The molecule has 2 aliphatic rings. The number of allylic oxidation sites excluding steroid dienone is 1. The number of benzene rings is 1. The molecule has 0 saturated heterocycles. The zero-order valence-electron chi connectivity index (χ0n) is 29.1. The third kappa shape index (κ3) is 7.18. The molecule has 56 heavy (non-hydrogen) atoms. The Bertz CT molecular complexity index is 2600. The number of halogens is 8. The minimum absolute atomic E-state index is 0.119. The third-order valence-corrected chi connectivity index (χ3v) is 9.83. The molecule has 0 bridgehead atoms. The van der Waals surface area contributed by atoms with Crippen LogP contribution in [0.25, 0.3) is 28.2 Å². The fourth-order valence-electron chi connectivity index (χ4n) is 7.34. The van der Waals surface area contributed by atoms with Gasteiger partial charge in [-0.25, -0.2) is 36.3 Å². The maximum absolute atomic E-state index is 15.2. The van der Waals surface area contributed by atoms with Crippen LogP contribution in [0.1, 0.15) is 82.3 Å². The van der Waals surface area contributed by atoms with Gasteiger partial charge in [0.2, 0.25) is 0 Å². The lowest BCUT2D eigenvalue weighted by molar-refractivity contribution is -0.121. The summed E-state index contributed by atoms with van der Waals surface area (Å²) in [5.41, 5.74) is -0.0297. The molecule has 0 radical (unpaired) electrons. The molecule has 1 aromatic carbocycles. The van der Waals surface area contributed by atoms with Crippen LogP contribution in [0.4, 0.5) is 35.1 Å². The predicted molar refractivity (Wildman–Crippen MR) is 189 cm³/mol. The van der Waals surface area contributed by atoms with E-state index in [1.807, 2.05) is 30.4 Å². The average Bonchev–Trinajstić information content (AvgIpc) is 3.91. The van der Waals surface area contributed by atoms with E-state index in [9.17, 15) is 31.1 Å². The first-order chi connectivity index (χ1) is 26.7. The zero-order chi connectivity index (χ0) is 39.4. The molecular formula is C41H28F8N6O. The molecule has 1 N–H and O–H groups in total. The van der Waals surface area contributed by atoms with Crippen molar-refractivity contribution in [3.8, 4) is 23.0 Å². The highest BCUT2D eigenvalue weighted by atomic mass is 19.3. The molecule has 0 saturated carbocycles. The Morgan fingerprint density at radius 2 is 1.70 bits per heavy atom. The van der Waals surface area contributed by atoms with Gasteiger partial charge in [0.15, 0.2) is 5.78 Å². The van der Waals surface area contributed by atoms with Crippen molar-refractivity contribution in [3.63, 3.8) is 0 Å². The molecule has 0 unspecified atom stereocenters. The number of H-pyrrole nitrogens is 1. The molecule has 7 nitrogen and oxygen atoms in total. The van der Waals surface area contributed by atoms with Gasteiger partial charge in [-0.2, -0.15) is 13.9 Å². The van der Waals surface area contributed by atoms with Crippen molar-refractivity contribution in [1.29, 1.82) is 0 Å². The van der Waals surface area contributed by atoms with Crippen LogP contribution in [0.3, 0.4) is 0 Å². The van der Waals surface area contributed by atoms with Gasteiger partial charge in [0.05, 0.1) is 17.0 Å². The van der Waals surface area contributed by atoms with Crippen molar-refractivity contribution < 1.29 is 39.9 Å². The summed E-state index contributed by atoms with van der Waals surface area (Å²) < 4.78 is 117. The average molecular weight is 773 g/mol. The van der Waals surface area contributed by atoms with Crippen molar-refractivity contribution in [2.75, 3.05) is 0 Å². The van der Waals surface area contributed by atoms with Crippen LogP contribution in [0, 0.1) is 23.5 Å². The number of alkyl halides is 6. The van der Waals surface area contributed by atoms with E-state index in [1.165, 1.54) is 0 Å².